The van der Waals surface area contributed by atoms with Gasteiger partial charge in [-0.15, -0.1) is 0 Å². The van der Waals surface area contributed by atoms with Crippen LogP contribution in [0.3, 0.4) is 0 Å². The van der Waals surface area contributed by atoms with Crippen LogP contribution in [0, 0.1) is 0 Å². The maximum absolute atomic E-state index is 12.7. The van der Waals surface area contributed by atoms with Crippen LogP contribution in [0.5, 0.6) is 0 Å². The molecule has 7 heteroatoms. The summed E-state index contributed by atoms with van der Waals surface area (Å²) in [7, 11) is -3.65. The van der Waals surface area contributed by atoms with Crippen molar-refractivity contribution < 1.29 is 21.6 Å². The SMILES string of the molecule is O=S(=Nc1ccccc1)(OCC(F)(F)F)c1ccccc1. The zero-order valence-electron chi connectivity index (χ0n) is 10.8. The minimum atomic E-state index is -4.58. The van der Waals surface area contributed by atoms with E-state index in [4.69, 9.17) is 0 Å². The molecule has 112 valence electrons. The molecule has 2 rings (SSSR count). The summed E-state index contributed by atoms with van der Waals surface area (Å²) in [4.78, 5) is 0.0955. The fourth-order valence-corrected chi connectivity index (χ4v) is 3.00. The van der Waals surface area contributed by atoms with E-state index in [1.807, 2.05) is 0 Å². The summed E-state index contributed by atoms with van der Waals surface area (Å²) < 4.78 is 58.2. The molecule has 0 fully saturated rings. The van der Waals surface area contributed by atoms with Crippen molar-refractivity contribution in [2.45, 2.75) is 11.1 Å². The van der Waals surface area contributed by atoms with Gasteiger partial charge in [0, 0.05) is 0 Å². The second kappa shape index (κ2) is 6.28. The van der Waals surface area contributed by atoms with Crippen LogP contribution in [0.4, 0.5) is 18.9 Å². The summed E-state index contributed by atoms with van der Waals surface area (Å²) >= 11 is 0. The van der Waals surface area contributed by atoms with Gasteiger partial charge in [-0.05, 0) is 24.3 Å². The van der Waals surface area contributed by atoms with Gasteiger partial charge in [0.15, 0.2) is 16.6 Å². The Morgan fingerprint density at radius 3 is 2.00 bits per heavy atom. The zero-order chi connectivity index (χ0) is 15.3. The van der Waals surface area contributed by atoms with Crippen molar-refractivity contribution in [2.24, 2.45) is 4.36 Å². The van der Waals surface area contributed by atoms with E-state index < -0.39 is 22.8 Å². The van der Waals surface area contributed by atoms with Gasteiger partial charge in [-0.25, -0.2) is 4.21 Å². The first-order valence-corrected chi connectivity index (χ1v) is 7.41. The molecule has 2 aromatic rings. The number of halogens is 3. The van der Waals surface area contributed by atoms with E-state index in [0.29, 0.717) is 0 Å². The van der Waals surface area contributed by atoms with Crippen molar-refractivity contribution in [3.8, 4) is 0 Å². The molecule has 0 aliphatic rings. The molecule has 3 nitrogen and oxygen atoms in total. The number of alkyl halides is 3. The molecule has 0 N–H and O–H groups in total. The van der Waals surface area contributed by atoms with Gasteiger partial charge in [0.25, 0.3) is 0 Å². The average molecular weight is 315 g/mol. The summed E-state index contributed by atoms with van der Waals surface area (Å²) in [6.07, 6.45) is -4.58. The predicted octanol–water partition coefficient (Wildman–Crippen LogP) is 4.34. The van der Waals surface area contributed by atoms with Gasteiger partial charge >= 0.3 is 6.18 Å². The van der Waals surface area contributed by atoms with Crippen LogP contribution in [0.25, 0.3) is 0 Å². The molecular weight excluding hydrogens is 303 g/mol. The molecular formula is C14H12F3NO2S. The highest BCUT2D eigenvalue weighted by Crippen LogP contribution is 2.24. The molecule has 0 radical (unpaired) electrons. The van der Waals surface area contributed by atoms with E-state index in [0.717, 1.165) is 0 Å². The Morgan fingerprint density at radius 1 is 0.952 bits per heavy atom. The first-order valence-electron chi connectivity index (χ1n) is 5.97. The lowest BCUT2D eigenvalue weighted by molar-refractivity contribution is -0.152. The highest BCUT2D eigenvalue weighted by atomic mass is 32.2. The fourth-order valence-electron chi connectivity index (χ4n) is 1.51. The maximum Gasteiger partial charge on any atom is 0.413 e. The molecule has 0 aliphatic carbocycles. The Labute approximate surface area is 120 Å². The molecule has 0 aromatic heterocycles. The minimum absolute atomic E-state index is 0.0955. The Hall–Kier alpha value is -1.86. The summed E-state index contributed by atoms with van der Waals surface area (Å²) in [6, 6.07) is 15.7. The second-order valence-corrected chi connectivity index (χ2v) is 5.93. The summed E-state index contributed by atoms with van der Waals surface area (Å²) in [5, 5.41) is 0. The molecule has 0 saturated heterocycles. The molecule has 0 bridgehead atoms. The quantitative estimate of drug-likeness (QED) is 0.842. The van der Waals surface area contributed by atoms with E-state index >= 15 is 0 Å². The van der Waals surface area contributed by atoms with Crippen LogP contribution < -0.4 is 0 Å². The minimum Gasteiger partial charge on any atom is -0.271 e. The molecule has 0 heterocycles. The Bertz CT molecular complexity index is 693. The predicted molar refractivity (Wildman–Crippen MR) is 73.4 cm³/mol. The fraction of sp³-hybridized carbons (Fsp3) is 0.143. The molecule has 2 aromatic carbocycles. The zero-order valence-corrected chi connectivity index (χ0v) is 11.6. The van der Waals surface area contributed by atoms with Crippen molar-refractivity contribution in [3.63, 3.8) is 0 Å². The van der Waals surface area contributed by atoms with Gasteiger partial charge in [-0.1, -0.05) is 36.4 Å². The molecule has 21 heavy (non-hydrogen) atoms. The topological polar surface area (TPSA) is 38.7 Å². The second-order valence-electron chi connectivity index (χ2n) is 4.09. The summed E-state index contributed by atoms with van der Waals surface area (Å²) in [5.74, 6) is 0. The van der Waals surface area contributed by atoms with Crippen molar-refractivity contribution in [3.05, 3.63) is 60.7 Å². The number of rotatable bonds is 4. The van der Waals surface area contributed by atoms with Crippen LogP contribution in [0.15, 0.2) is 69.9 Å². The third-order valence-electron chi connectivity index (χ3n) is 2.41. The third kappa shape index (κ3) is 4.57. The van der Waals surface area contributed by atoms with Crippen molar-refractivity contribution in [1.29, 1.82) is 0 Å². The van der Waals surface area contributed by atoms with Gasteiger partial charge in [0.2, 0.25) is 0 Å². The van der Waals surface area contributed by atoms with Gasteiger partial charge < -0.3 is 0 Å². The Balaban J connectivity index is 2.45. The highest BCUT2D eigenvalue weighted by Gasteiger charge is 2.31. The molecule has 0 aliphatic heterocycles. The van der Waals surface area contributed by atoms with E-state index in [9.17, 15) is 17.4 Å². The van der Waals surface area contributed by atoms with Gasteiger partial charge in [0.1, 0.15) is 0 Å². The molecule has 0 saturated carbocycles. The van der Waals surface area contributed by atoms with Gasteiger partial charge in [-0.3, -0.25) is 4.18 Å². The number of nitrogens with zero attached hydrogens (tertiary/aromatic N) is 1. The smallest absolute Gasteiger partial charge is 0.271 e. The molecule has 1 unspecified atom stereocenters. The summed E-state index contributed by atoms with van der Waals surface area (Å²) in [6.45, 7) is -1.63. The Morgan fingerprint density at radius 2 is 1.48 bits per heavy atom. The molecule has 0 amide bonds. The van der Waals surface area contributed by atoms with Crippen molar-refractivity contribution in [2.75, 3.05) is 6.61 Å². The first-order chi connectivity index (χ1) is 9.89. The van der Waals surface area contributed by atoms with Gasteiger partial charge in [-0.2, -0.15) is 17.5 Å². The molecule has 1 atom stereocenters. The van der Waals surface area contributed by atoms with Crippen LogP contribution in [-0.4, -0.2) is 17.0 Å². The number of hydrogen-bond acceptors (Lipinski definition) is 3. The monoisotopic (exact) mass is 315 g/mol. The average Bonchev–Trinajstić information content (AvgIpc) is 2.47. The van der Waals surface area contributed by atoms with Gasteiger partial charge in [0.05, 0.1) is 10.6 Å². The van der Waals surface area contributed by atoms with Crippen LogP contribution in [0.2, 0.25) is 0 Å². The number of hydrogen-bond donors (Lipinski definition) is 0. The molecule has 0 spiro atoms. The normalized spacial score (nSPS) is 14.4. The Kier molecular flexibility index (Phi) is 4.64. The first kappa shape index (κ1) is 15.5. The standard InChI is InChI=1S/C14H12F3NO2S/c15-14(16,17)11-20-21(19,13-9-5-2-6-10-13)18-12-7-3-1-4-8-12/h1-10H,11H2. The third-order valence-corrected chi connectivity index (χ3v) is 4.16. The van der Waals surface area contributed by atoms with E-state index in [-0.39, 0.29) is 10.6 Å². The van der Waals surface area contributed by atoms with E-state index in [1.54, 1.807) is 48.5 Å². The van der Waals surface area contributed by atoms with Crippen LogP contribution in [-0.2, 0) is 14.2 Å². The van der Waals surface area contributed by atoms with Crippen molar-refractivity contribution in [1.82, 2.24) is 0 Å². The van der Waals surface area contributed by atoms with Crippen LogP contribution >= 0.6 is 0 Å². The maximum atomic E-state index is 12.7. The van der Waals surface area contributed by atoms with E-state index in [1.165, 1.54) is 12.1 Å². The summed E-state index contributed by atoms with van der Waals surface area (Å²) in [5.41, 5.74) is 0.286. The highest BCUT2D eigenvalue weighted by molar-refractivity contribution is 7.89. The lowest BCUT2D eigenvalue weighted by atomic mass is 10.3. The van der Waals surface area contributed by atoms with Crippen molar-refractivity contribution >= 4 is 15.7 Å². The lowest BCUT2D eigenvalue weighted by Crippen LogP contribution is -2.20. The largest absolute Gasteiger partial charge is 0.413 e. The number of benzene rings is 2. The lowest BCUT2D eigenvalue weighted by Gasteiger charge is -2.12. The van der Waals surface area contributed by atoms with E-state index in [2.05, 4.69) is 8.55 Å². The van der Waals surface area contributed by atoms with Crippen LogP contribution in [0.1, 0.15) is 0 Å².